The number of ether oxygens (including phenoxy) is 1. The molecule has 164 valence electrons. The third-order valence-corrected chi connectivity index (χ3v) is 4.02. The number of carbonyl (C=O) groups is 3. The molecule has 0 aliphatic heterocycles. The Morgan fingerprint density at radius 3 is 1.79 bits per heavy atom. The van der Waals surface area contributed by atoms with Crippen LogP contribution in [0.4, 0.5) is 4.79 Å². The fraction of sp³-hybridized carbons (Fsp3) is 0.857. The summed E-state index contributed by atoms with van der Waals surface area (Å²) in [5.74, 6) is -0.195. The summed E-state index contributed by atoms with van der Waals surface area (Å²) in [6.07, 6.45) is 3.88. The molecular weight excluding hydrogens is 358 g/mol. The number of hydrogen-bond acceptors (Lipinski definition) is 4. The third kappa shape index (κ3) is 12.6. The van der Waals surface area contributed by atoms with Crippen molar-refractivity contribution in [1.29, 1.82) is 0 Å². The van der Waals surface area contributed by atoms with Gasteiger partial charge in [-0.3, -0.25) is 9.59 Å². The van der Waals surface area contributed by atoms with E-state index in [2.05, 4.69) is 16.0 Å². The van der Waals surface area contributed by atoms with Crippen molar-refractivity contribution >= 4 is 17.9 Å². The molecule has 7 nitrogen and oxygen atoms in total. The second-order valence-corrected chi connectivity index (χ2v) is 8.68. The Bertz CT molecular complexity index is 487. The first-order valence-electron chi connectivity index (χ1n) is 10.6. The smallest absolute Gasteiger partial charge is 0.408 e. The lowest BCUT2D eigenvalue weighted by molar-refractivity contribution is -0.130. The SMILES string of the molecule is CCCC[C@H](NC(=O)OC(C)(C)C)C(=O)N[C@H](CCCC)C(=O)NCC(C)C. The van der Waals surface area contributed by atoms with Crippen molar-refractivity contribution in [3.8, 4) is 0 Å². The average Bonchev–Trinajstić information content (AvgIpc) is 2.58. The first-order chi connectivity index (χ1) is 13.0. The molecule has 0 bridgehead atoms. The topological polar surface area (TPSA) is 96.5 Å². The molecule has 0 aromatic carbocycles. The molecule has 3 amide bonds. The van der Waals surface area contributed by atoms with Crippen molar-refractivity contribution in [1.82, 2.24) is 16.0 Å². The lowest BCUT2D eigenvalue weighted by Crippen LogP contribution is -2.54. The highest BCUT2D eigenvalue weighted by atomic mass is 16.6. The molecule has 0 aromatic heterocycles. The number of amides is 3. The number of rotatable bonds is 12. The molecule has 0 radical (unpaired) electrons. The maximum atomic E-state index is 12.8. The van der Waals surface area contributed by atoms with Crippen LogP contribution in [0, 0.1) is 5.92 Å². The number of hydrogen-bond donors (Lipinski definition) is 3. The summed E-state index contributed by atoms with van der Waals surface area (Å²) >= 11 is 0. The fourth-order valence-corrected chi connectivity index (χ4v) is 2.50. The molecule has 0 spiro atoms. The molecule has 0 aliphatic rings. The van der Waals surface area contributed by atoms with Crippen molar-refractivity contribution in [2.24, 2.45) is 5.92 Å². The molecule has 2 atom stereocenters. The molecule has 0 saturated carbocycles. The molecule has 0 rings (SSSR count). The van der Waals surface area contributed by atoms with Crippen LogP contribution in [0.2, 0.25) is 0 Å². The highest BCUT2D eigenvalue weighted by molar-refractivity contribution is 5.91. The highest BCUT2D eigenvalue weighted by Crippen LogP contribution is 2.09. The van der Waals surface area contributed by atoms with Crippen molar-refractivity contribution in [3.05, 3.63) is 0 Å². The Morgan fingerprint density at radius 1 is 0.857 bits per heavy atom. The van der Waals surface area contributed by atoms with E-state index < -0.39 is 23.8 Å². The Balaban J connectivity index is 5.06. The maximum absolute atomic E-state index is 12.8. The molecule has 0 heterocycles. The van der Waals surface area contributed by atoms with Crippen molar-refractivity contribution in [3.63, 3.8) is 0 Å². The average molecular weight is 400 g/mol. The van der Waals surface area contributed by atoms with Crippen molar-refractivity contribution < 1.29 is 19.1 Å². The first-order valence-corrected chi connectivity index (χ1v) is 10.6. The molecule has 0 aromatic rings. The largest absolute Gasteiger partial charge is 0.444 e. The van der Waals surface area contributed by atoms with Gasteiger partial charge in [-0.05, 0) is 39.5 Å². The van der Waals surface area contributed by atoms with E-state index >= 15 is 0 Å². The van der Waals surface area contributed by atoms with Gasteiger partial charge in [0, 0.05) is 6.54 Å². The van der Waals surface area contributed by atoms with Crippen LogP contribution in [-0.4, -0.2) is 42.1 Å². The van der Waals surface area contributed by atoms with Crippen LogP contribution in [0.25, 0.3) is 0 Å². The molecule has 0 saturated heterocycles. The van der Waals surface area contributed by atoms with Gasteiger partial charge in [-0.15, -0.1) is 0 Å². The summed E-state index contributed by atoms with van der Waals surface area (Å²) in [6.45, 7) is 14.0. The van der Waals surface area contributed by atoms with Crippen molar-refractivity contribution in [2.45, 2.75) is 105 Å². The summed E-state index contributed by atoms with van der Waals surface area (Å²) < 4.78 is 5.27. The second kappa shape index (κ2) is 13.4. The van der Waals surface area contributed by atoms with Crippen LogP contribution in [0.3, 0.4) is 0 Å². The van der Waals surface area contributed by atoms with Gasteiger partial charge < -0.3 is 20.7 Å². The van der Waals surface area contributed by atoms with Gasteiger partial charge in [0.25, 0.3) is 0 Å². The van der Waals surface area contributed by atoms with Gasteiger partial charge in [-0.2, -0.15) is 0 Å². The number of nitrogens with one attached hydrogen (secondary N) is 3. The van der Waals surface area contributed by atoms with Crippen LogP contribution in [0.1, 0.15) is 87.0 Å². The Hall–Kier alpha value is -1.79. The van der Waals surface area contributed by atoms with E-state index in [1.165, 1.54) is 0 Å². The number of alkyl carbamates (subject to hydrolysis) is 1. The standard InChI is InChI=1S/C21H41N3O4/c1-8-10-12-16(18(25)22-14-15(3)4)23-19(26)17(13-11-9-2)24-20(27)28-21(5,6)7/h15-17H,8-14H2,1-7H3,(H,22,25)(H,23,26)(H,24,27)/t16-,17+/m1/s1. The monoisotopic (exact) mass is 399 g/mol. The summed E-state index contributed by atoms with van der Waals surface area (Å²) in [4.78, 5) is 37.4. The molecule has 0 aliphatic carbocycles. The van der Waals surface area contributed by atoms with Crippen LogP contribution >= 0.6 is 0 Å². The maximum Gasteiger partial charge on any atom is 0.408 e. The lowest BCUT2D eigenvalue weighted by atomic mass is 10.1. The normalized spacial score (nSPS) is 13.6. The first kappa shape index (κ1) is 26.2. The van der Waals surface area contributed by atoms with E-state index in [0.717, 1.165) is 25.7 Å². The summed E-state index contributed by atoms with van der Waals surface area (Å²) in [7, 11) is 0. The Kier molecular flexibility index (Phi) is 12.5. The number of unbranched alkanes of at least 4 members (excludes halogenated alkanes) is 2. The van der Waals surface area contributed by atoms with Crippen LogP contribution in [0.5, 0.6) is 0 Å². The minimum atomic E-state index is -0.725. The van der Waals surface area contributed by atoms with E-state index in [1.807, 2.05) is 27.7 Å². The predicted molar refractivity (Wildman–Crippen MR) is 112 cm³/mol. The Morgan fingerprint density at radius 2 is 1.36 bits per heavy atom. The van der Waals surface area contributed by atoms with Gasteiger partial charge in [0.1, 0.15) is 17.7 Å². The molecule has 0 fully saturated rings. The fourth-order valence-electron chi connectivity index (χ4n) is 2.50. The van der Waals surface area contributed by atoms with Gasteiger partial charge in [0.05, 0.1) is 0 Å². The van der Waals surface area contributed by atoms with E-state index in [9.17, 15) is 14.4 Å². The van der Waals surface area contributed by atoms with Crippen LogP contribution < -0.4 is 16.0 Å². The predicted octanol–water partition coefficient (Wildman–Crippen LogP) is 3.52. The molecular formula is C21H41N3O4. The van der Waals surface area contributed by atoms with E-state index in [4.69, 9.17) is 4.74 Å². The molecule has 3 N–H and O–H groups in total. The van der Waals surface area contributed by atoms with E-state index in [0.29, 0.717) is 25.3 Å². The van der Waals surface area contributed by atoms with Crippen molar-refractivity contribution in [2.75, 3.05) is 6.54 Å². The zero-order chi connectivity index (χ0) is 21.7. The van der Waals surface area contributed by atoms with Gasteiger partial charge in [-0.1, -0.05) is 53.4 Å². The minimum absolute atomic E-state index is 0.179. The van der Waals surface area contributed by atoms with Crippen LogP contribution in [-0.2, 0) is 14.3 Å². The molecule has 7 heteroatoms. The molecule has 28 heavy (non-hydrogen) atoms. The third-order valence-electron chi connectivity index (χ3n) is 4.02. The van der Waals surface area contributed by atoms with Gasteiger partial charge in [0.15, 0.2) is 0 Å². The highest BCUT2D eigenvalue weighted by Gasteiger charge is 2.27. The van der Waals surface area contributed by atoms with Gasteiger partial charge in [0.2, 0.25) is 11.8 Å². The lowest BCUT2D eigenvalue weighted by Gasteiger charge is -2.25. The second-order valence-electron chi connectivity index (χ2n) is 8.68. The van der Waals surface area contributed by atoms with Gasteiger partial charge >= 0.3 is 6.09 Å². The molecule has 0 unspecified atom stereocenters. The zero-order valence-electron chi connectivity index (χ0n) is 18.8. The van der Waals surface area contributed by atoms with Gasteiger partial charge in [-0.25, -0.2) is 4.79 Å². The minimum Gasteiger partial charge on any atom is -0.444 e. The summed E-state index contributed by atoms with van der Waals surface area (Å²) in [5, 5.41) is 8.37. The van der Waals surface area contributed by atoms with E-state index in [-0.39, 0.29) is 11.8 Å². The van der Waals surface area contributed by atoms with E-state index in [1.54, 1.807) is 20.8 Å². The summed E-state index contributed by atoms with van der Waals surface area (Å²) in [6, 6.07) is -1.33. The number of carbonyl (C=O) groups excluding carboxylic acids is 3. The quantitative estimate of drug-likeness (QED) is 0.468. The zero-order valence-corrected chi connectivity index (χ0v) is 18.8. The Labute approximate surface area is 170 Å². The van der Waals surface area contributed by atoms with Crippen LogP contribution in [0.15, 0.2) is 0 Å². The summed E-state index contributed by atoms with van der Waals surface area (Å²) in [5.41, 5.74) is -0.643.